The zero-order valence-corrected chi connectivity index (χ0v) is 15.6. The first-order valence-corrected chi connectivity index (χ1v) is 9.24. The molecule has 3 rings (SSSR count). The van der Waals surface area contributed by atoms with Crippen molar-refractivity contribution in [3.63, 3.8) is 0 Å². The lowest BCUT2D eigenvalue weighted by molar-refractivity contribution is -0.118. The number of halogens is 1. The zero-order chi connectivity index (χ0) is 18.4. The first-order chi connectivity index (χ1) is 12.6. The maximum absolute atomic E-state index is 12.0. The van der Waals surface area contributed by atoms with Crippen LogP contribution in [0.15, 0.2) is 64.4 Å². The summed E-state index contributed by atoms with van der Waals surface area (Å²) in [6.45, 7) is 0.463. The fraction of sp³-hybridized carbons (Fsp3) is 0.158. The van der Waals surface area contributed by atoms with Gasteiger partial charge in [-0.3, -0.25) is 4.79 Å². The lowest BCUT2D eigenvalue weighted by atomic mass is 10.2. The highest BCUT2D eigenvalue weighted by molar-refractivity contribution is 7.99. The van der Waals surface area contributed by atoms with Crippen molar-refractivity contribution in [3.05, 3.63) is 65.3 Å². The number of ether oxygens (including phenoxy) is 1. The summed E-state index contributed by atoms with van der Waals surface area (Å²) in [5, 5.41) is 3.98. The molecule has 0 aliphatic carbocycles. The summed E-state index contributed by atoms with van der Waals surface area (Å²) in [5.41, 5.74) is 1.89. The maximum atomic E-state index is 12.0. The van der Waals surface area contributed by atoms with E-state index in [1.807, 2.05) is 36.4 Å². The number of amides is 1. The zero-order valence-electron chi connectivity index (χ0n) is 14.1. The normalized spacial score (nSPS) is 10.5. The van der Waals surface area contributed by atoms with Crippen LogP contribution in [-0.2, 0) is 11.3 Å². The Bertz CT molecular complexity index is 863. The Balaban J connectivity index is 1.47. The van der Waals surface area contributed by atoms with Gasteiger partial charge in [-0.1, -0.05) is 35.5 Å². The number of rotatable bonds is 7. The summed E-state index contributed by atoms with van der Waals surface area (Å²) in [6.07, 6.45) is 1.64. The second-order valence-corrected chi connectivity index (χ2v) is 6.77. The monoisotopic (exact) mass is 388 g/mol. The molecule has 5 nitrogen and oxygen atoms in total. The van der Waals surface area contributed by atoms with Gasteiger partial charge in [0.2, 0.25) is 5.91 Å². The maximum Gasteiger partial charge on any atom is 0.256 e. The minimum Gasteiger partial charge on any atom is -0.497 e. The molecule has 0 saturated heterocycles. The van der Waals surface area contributed by atoms with E-state index >= 15 is 0 Å². The van der Waals surface area contributed by atoms with Gasteiger partial charge in [-0.2, -0.15) is 0 Å². The minimum atomic E-state index is -0.0861. The number of oxazole rings is 1. The lowest BCUT2D eigenvalue weighted by Gasteiger charge is -2.05. The number of benzene rings is 2. The molecule has 0 radical (unpaired) electrons. The molecule has 1 aromatic heterocycles. The number of aromatic nitrogens is 1. The third-order valence-electron chi connectivity index (χ3n) is 3.59. The highest BCUT2D eigenvalue weighted by atomic mass is 35.5. The first-order valence-electron chi connectivity index (χ1n) is 7.88. The summed E-state index contributed by atoms with van der Waals surface area (Å²) in [7, 11) is 1.62. The number of hydrogen-bond donors (Lipinski definition) is 1. The summed E-state index contributed by atoms with van der Waals surface area (Å²) in [4.78, 5) is 16.2. The molecule has 3 aromatic rings. The van der Waals surface area contributed by atoms with E-state index in [4.69, 9.17) is 20.8 Å². The molecule has 0 bridgehead atoms. The van der Waals surface area contributed by atoms with Crippen molar-refractivity contribution in [1.82, 2.24) is 10.3 Å². The van der Waals surface area contributed by atoms with Gasteiger partial charge in [0.15, 0.2) is 5.76 Å². The highest BCUT2D eigenvalue weighted by Crippen LogP contribution is 2.26. The predicted molar refractivity (Wildman–Crippen MR) is 103 cm³/mol. The number of nitrogens with one attached hydrogen (secondary N) is 1. The van der Waals surface area contributed by atoms with Gasteiger partial charge in [-0.25, -0.2) is 4.98 Å². The fourth-order valence-corrected chi connectivity index (χ4v) is 2.95. The van der Waals surface area contributed by atoms with Crippen LogP contribution in [0.25, 0.3) is 11.3 Å². The molecular weight excluding hydrogens is 372 g/mol. The van der Waals surface area contributed by atoms with Crippen molar-refractivity contribution in [2.75, 3.05) is 12.9 Å². The lowest BCUT2D eigenvalue weighted by Crippen LogP contribution is -2.24. The van der Waals surface area contributed by atoms with E-state index in [0.29, 0.717) is 22.6 Å². The van der Waals surface area contributed by atoms with Crippen LogP contribution in [0.1, 0.15) is 5.56 Å². The van der Waals surface area contributed by atoms with Gasteiger partial charge in [0, 0.05) is 17.1 Å². The number of nitrogens with zero attached hydrogens (tertiary/aromatic N) is 1. The van der Waals surface area contributed by atoms with Crippen molar-refractivity contribution in [1.29, 1.82) is 0 Å². The average Bonchev–Trinajstić information content (AvgIpc) is 3.14. The summed E-state index contributed by atoms with van der Waals surface area (Å²) >= 11 is 7.13. The van der Waals surface area contributed by atoms with Gasteiger partial charge in [-0.15, -0.1) is 0 Å². The molecule has 0 spiro atoms. The van der Waals surface area contributed by atoms with Crippen molar-refractivity contribution in [3.8, 4) is 17.1 Å². The summed E-state index contributed by atoms with van der Waals surface area (Å²) in [5.74, 6) is 1.58. The van der Waals surface area contributed by atoms with Crippen molar-refractivity contribution in [2.45, 2.75) is 11.8 Å². The molecular formula is C19H17ClN2O3S. The standard InChI is InChI=1S/C19H17ClN2O3S/c1-24-16-8-2-13(3-9-16)10-21-18(23)12-26-19-22-11-17(25-19)14-4-6-15(20)7-5-14/h2-9,11H,10,12H2,1H3,(H,21,23). The van der Waals surface area contributed by atoms with Crippen LogP contribution in [0.5, 0.6) is 5.75 Å². The quantitative estimate of drug-likeness (QED) is 0.607. The minimum absolute atomic E-state index is 0.0861. The van der Waals surface area contributed by atoms with Crippen LogP contribution < -0.4 is 10.1 Å². The molecule has 0 aliphatic rings. The van der Waals surface area contributed by atoms with Crippen LogP contribution >= 0.6 is 23.4 Å². The molecule has 7 heteroatoms. The smallest absolute Gasteiger partial charge is 0.256 e. The van der Waals surface area contributed by atoms with Crippen LogP contribution in [0.3, 0.4) is 0 Å². The van der Waals surface area contributed by atoms with Crippen LogP contribution in [0.2, 0.25) is 5.02 Å². The number of carbonyl (C=O) groups is 1. The van der Waals surface area contributed by atoms with Crippen LogP contribution in [0.4, 0.5) is 0 Å². The second kappa shape index (κ2) is 8.78. The van der Waals surface area contributed by atoms with Crippen LogP contribution in [-0.4, -0.2) is 23.8 Å². The van der Waals surface area contributed by atoms with E-state index in [1.54, 1.807) is 25.4 Å². The SMILES string of the molecule is COc1ccc(CNC(=O)CSc2ncc(-c3ccc(Cl)cc3)o2)cc1. The number of methoxy groups -OCH3 is 1. The molecule has 1 N–H and O–H groups in total. The van der Waals surface area contributed by atoms with E-state index in [-0.39, 0.29) is 11.7 Å². The van der Waals surface area contributed by atoms with E-state index in [1.165, 1.54) is 11.8 Å². The Morgan fingerprint density at radius 3 is 2.62 bits per heavy atom. The third kappa shape index (κ3) is 5.03. The van der Waals surface area contributed by atoms with Crippen LogP contribution in [0, 0.1) is 0 Å². The molecule has 0 fully saturated rings. The predicted octanol–water partition coefficient (Wildman–Crippen LogP) is 4.41. The van der Waals surface area contributed by atoms with Gasteiger partial charge in [0.05, 0.1) is 19.1 Å². The molecule has 26 heavy (non-hydrogen) atoms. The van der Waals surface area contributed by atoms with E-state index in [2.05, 4.69) is 10.3 Å². The molecule has 0 saturated carbocycles. The highest BCUT2D eigenvalue weighted by Gasteiger charge is 2.09. The number of thioether (sulfide) groups is 1. The topological polar surface area (TPSA) is 64.4 Å². The van der Waals surface area contributed by atoms with Gasteiger partial charge < -0.3 is 14.5 Å². The molecule has 134 valence electrons. The van der Waals surface area contributed by atoms with E-state index in [0.717, 1.165) is 16.9 Å². The summed E-state index contributed by atoms with van der Waals surface area (Å²) in [6, 6.07) is 14.9. The molecule has 0 aliphatic heterocycles. The van der Waals surface area contributed by atoms with Crippen molar-refractivity contribution in [2.24, 2.45) is 0 Å². The third-order valence-corrected chi connectivity index (χ3v) is 4.68. The Morgan fingerprint density at radius 1 is 1.19 bits per heavy atom. The van der Waals surface area contributed by atoms with Crippen molar-refractivity contribution >= 4 is 29.3 Å². The van der Waals surface area contributed by atoms with Crippen molar-refractivity contribution < 1.29 is 13.9 Å². The van der Waals surface area contributed by atoms with Gasteiger partial charge >= 0.3 is 0 Å². The molecule has 0 atom stereocenters. The second-order valence-electron chi connectivity index (χ2n) is 5.41. The van der Waals surface area contributed by atoms with E-state index in [9.17, 15) is 4.79 Å². The Morgan fingerprint density at radius 2 is 1.92 bits per heavy atom. The number of carbonyl (C=O) groups excluding carboxylic acids is 1. The summed E-state index contributed by atoms with van der Waals surface area (Å²) < 4.78 is 10.8. The largest absolute Gasteiger partial charge is 0.497 e. The van der Waals surface area contributed by atoms with E-state index < -0.39 is 0 Å². The Hall–Kier alpha value is -2.44. The fourth-order valence-electron chi connectivity index (χ4n) is 2.19. The van der Waals surface area contributed by atoms with Gasteiger partial charge in [-0.05, 0) is 42.0 Å². The average molecular weight is 389 g/mol. The number of hydrogen-bond acceptors (Lipinski definition) is 5. The molecule has 0 unspecified atom stereocenters. The molecule has 2 aromatic carbocycles. The van der Waals surface area contributed by atoms with Gasteiger partial charge in [0.1, 0.15) is 5.75 Å². The Labute approximate surface area is 160 Å². The molecule has 1 amide bonds. The Kier molecular flexibility index (Phi) is 6.20. The first kappa shape index (κ1) is 18.4. The van der Waals surface area contributed by atoms with Gasteiger partial charge in [0.25, 0.3) is 5.22 Å². The molecule has 1 heterocycles.